The first-order chi connectivity index (χ1) is 9.58. The van der Waals surface area contributed by atoms with E-state index in [-0.39, 0.29) is 12.0 Å². The maximum absolute atomic E-state index is 6.05. The number of benzene rings is 1. The minimum atomic E-state index is -0.230. The summed E-state index contributed by atoms with van der Waals surface area (Å²) in [6.07, 6.45) is 2.01. The molecule has 0 radical (unpaired) electrons. The number of hydrogen-bond donors (Lipinski definition) is 1. The summed E-state index contributed by atoms with van der Waals surface area (Å²) in [5.41, 5.74) is 8.15. The molecule has 5 nitrogen and oxygen atoms in total. The van der Waals surface area contributed by atoms with Crippen molar-refractivity contribution in [3.8, 4) is 11.4 Å². The second kappa shape index (κ2) is 4.76. The van der Waals surface area contributed by atoms with Crippen molar-refractivity contribution in [2.24, 2.45) is 18.7 Å². The smallest absolute Gasteiger partial charge is 0.244 e. The highest BCUT2D eigenvalue weighted by atomic mass is 16.5. The van der Waals surface area contributed by atoms with Crippen LogP contribution in [0.5, 0.6) is 0 Å². The molecule has 3 rings (SSSR count). The van der Waals surface area contributed by atoms with Gasteiger partial charge in [0.15, 0.2) is 0 Å². The molecule has 0 saturated heterocycles. The van der Waals surface area contributed by atoms with E-state index >= 15 is 0 Å². The summed E-state index contributed by atoms with van der Waals surface area (Å²) >= 11 is 0. The molecule has 3 aromatic rings. The number of hydrogen-bond acceptors (Lipinski definition) is 4. The number of rotatable bonds is 3. The van der Waals surface area contributed by atoms with Crippen molar-refractivity contribution in [1.82, 2.24) is 14.7 Å². The minimum Gasteiger partial charge on any atom is -0.350 e. The molecule has 20 heavy (non-hydrogen) atoms. The first kappa shape index (κ1) is 12.9. The molecular weight excluding hydrogens is 252 g/mol. The van der Waals surface area contributed by atoms with Gasteiger partial charge in [0, 0.05) is 29.7 Å². The Kier molecular flexibility index (Phi) is 3.06. The lowest BCUT2D eigenvalue weighted by Crippen LogP contribution is -2.16. The van der Waals surface area contributed by atoms with Gasteiger partial charge < -0.3 is 14.8 Å². The third-order valence-electron chi connectivity index (χ3n) is 3.58. The zero-order chi connectivity index (χ0) is 14.3. The molecule has 0 saturated carbocycles. The van der Waals surface area contributed by atoms with E-state index in [2.05, 4.69) is 26.8 Å². The van der Waals surface area contributed by atoms with Crippen LogP contribution in [0.4, 0.5) is 0 Å². The fraction of sp³-hybridized carbons (Fsp3) is 0.333. The van der Waals surface area contributed by atoms with Crippen LogP contribution >= 0.6 is 0 Å². The number of aromatic nitrogens is 3. The van der Waals surface area contributed by atoms with Gasteiger partial charge in [-0.05, 0) is 12.0 Å². The predicted octanol–water partition coefficient (Wildman–Crippen LogP) is 2.88. The summed E-state index contributed by atoms with van der Waals surface area (Å²) in [5.74, 6) is 1.34. The maximum Gasteiger partial charge on any atom is 0.244 e. The van der Waals surface area contributed by atoms with Crippen molar-refractivity contribution < 1.29 is 4.52 Å². The molecule has 0 bridgehead atoms. The number of nitrogens with two attached hydrogens (primary N) is 1. The van der Waals surface area contributed by atoms with Gasteiger partial charge in [0.1, 0.15) is 0 Å². The summed E-state index contributed by atoms with van der Waals surface area (Å²) in [5, 5.41) is 5.19. The zero-order valence-corrected chi connectivity index (χ0v) is 11.9. The van der Waals surface area contributed by atoms with Crippen LogP contribution in [0.1, 0.15) is 25.8 Å². The third kappa shape index (κ3) is 2.00. The lowest BCUT2D eigenvalue weighted by atomic mass is 10.1. The molecule has 104 valence electrons. The molecule has 2 heterocycles. The highest BCUT2D eigenvalue weighted by molar-refractivity contribution is 5.94. The average Bonchev–Trinajstić information content (AvgIpc) is 3.03. The third-order valence-corrected chi connectivity index (χ3v) is 3.58. The van der Waals surface area contributed by atoms with Gasteiger partial charge in [0.05, 0.1) is 6.04 Å². The van der Waals surface area contributed by atoms with Crippen LogP contribution < -0.4 is 5.73 Å². The van der Waals surface area contributed by atoms with E-state index in [1.54, 1.807) is 0 Å². The van der Waals surface area contributed by atoms with E-state index in [0.29, 0.717) is 11.7 Å². The van der Waals surface area contributed by atoms with Gasteiger partial charge in [0.2, 0.25) is 11.7 Å². The lowest BCUT2D eigenvalue weighted by molar-refractivity contribution is 0.325. The summed E-state index contributed by atoms with van der Waals surface area (Å²) in [6.45, 7) is 4.07. The first-order valence-electron chi connectivity index (χ1n) is 6.71. The van der Waals surface area contributed by atoms with E-state index in [1.807, 2.05) is 39.2 Å². The van der Waals surface area contributed by atoms with Crippen molar-refractivity contribution in [2.45, 2.75) is 19.9 Å². The summed E-state index contributed by atoms with van der Waals surface area (Å²) < 4.78 is 7.36. The highest BCUT2D eigenvalue weighted by Gasteiger charge is 2.20. The van der Waals surface area contributed by atoms with Gasteiger partial charge in [-0.1, -0.05) is 37.2 Å². The standard InChI is InChI=1S/C15H18N4O/c1-9(2)13(16)15-17-14(18-20-15)11-8-19(3)12-7-5-4-6-10(11)12/h4-9,13H,16H2,1-3H3. The van der Waals surface area contributed by atoms with E-state index in [1.165, 1.54) is 0 Å². The second-order valence-electron chi connectivity index (χ2n) is 5.40. The Labute approximate surface area is 117 Å². The van der Waals surface area contributed by atoms with Gasteiger partial charge in [0.25, 0.3) is 0 Å². The molecule has 1 unspecified atom stereocenters. The zero-order valence-electron chi connectivity index (χ0n) is 11.9. The van der Waals surface area contributed by atoms with Crippen LogP contribution in [0.25, 0.3) is 22.3 Å². The summed E-state index contributed by atoms with van der Waals surface area (Å²) in [4.78, 5) is 4.45. The molecule has 2 aromatic heterocycles. The van der Waals surface area contributed by atoms with E-state index in [0.717, 1.165) is 16.5 Å². The Morgan fingerprint density at radius 1 is 1.25 bits per heavy atom. The fourth-order valence-electron chi connectivity index (χ4n) is 2.29. The topological polar surface area (TPSA) is 69.9 Å². The Morgan fingerprint density at radius 2 is 2.00 bits per heavy atom. The van der Waals surface area contributed by atoms with Crippen molar-refractivity contribution in [1.29, 1.82) is 0 Å². The van der Waals surface area contributed by atoms with Gasteiger partial charge in [-0.25, -0.2) is 0 Å². The monoisotopic (exact) mass is 270 g/mol. The molecule has 1 aromatic carbocycles. The van der Waals surface area contributed by atoms with Crippen molar-refractivity contribution in [3.63, 3.8) is 0 Å². The Morgan fingerprint density at radius 3 is 2.75 bits per heavy atom. The van der Waals surface area contributed by atoms with E-state index in [4.69, 9.17) is 10.3 Å². The van der Waals surface area contributed by atoms with Crippen LogP contribution in [-0.2, 0) is 7.05 Å². The van der Waals surface area contributed by atoms with E-state index in [9.17, 15) is 0 Å². The molecular formula is C15H18N4O. The highest BCUT2D eigenvalue weighted by Crippen LogP contribution is 2.29. The molecule has 0 aliphatic heterocycles. The Hall–Kier alpha value is -2.14. The van der Waals surface area contributed by atoms with Crippen LogP contribution in [0.3, 0.4) is 0 Å². The minimum absolute atomic E-state index is 0.230. The normalized spacial score (nSPS) is 13.2. The van der Waals surface area contributed by atoms with Crippen LogP contribution in [0.2, 0.25) is 0 Å². The molecule has 0 fully saturated rings. The average molecular weight is 270 g/mol. The fourth-order valence-corrected chi connectivity index (χ4v) is 2.29. The van der Waals surface area contributed by atoms with Crippen molar-refractivity contribution in [2.75, 3.05) is 0 Å². The molecule has 5 heteroatoms. The Bertz CT molecular complexity index is 741. The van der Waals surface area contributed by atoms with Crippen LogP contribution in [0, 0.1) is 5.92 Å². The van der Waals surface area contributed by atoms with E-state index < -0.39 is 0 Å². The molecule has 0 aliphatic carbocycles. The van der Waals surface area contributed by atoms with Gasteiger partial charge >= 0.3 is 0 Å². The molecule has 1 atom stereocenters. The van der Waals surface area contributed by atoms with Gasteiger partial charge in [-0.2, -0.15) is 4.98 Å². The van der Waals surface area contributed by atoms with Gasteiger partial charge in [-0.15, -0.1) is 0 Å². The largest absolute Gasteiger partial charge is 0.350 e. The van der Waals surface area contributed by atoms with Crippen LogP contribution in [-0.4, -0.2) is 14.7 Å². The van der Waals surface area contributed by atoms with Crippen LogP contribution in [0.15, 0.2) is 35.0 Å². The Balaban J connectivity index is 2.08. The number of fused-ring (bicyclic) bond motifs is 1. The maximum atomic E-state index is 6.05. The summed E-state index contributed by atoms with van der Waals surface area (Å²) in [7, 11) is 2.01. The number of aryl methyl sites for hydroxylation is 1. The van der Waals surface area contributed by atoms with Gasteiger partial charge in [-0.3, -0.25) is 0 Å². The predicted molar refractivity (Wildman–Crippen MR) is 78.0 cm³/mol. The molecule has 0 aliphatic rings. The first-order valence-corrected chi connectivity index (χ1v) is 6.71. The lowest BCUT2D eigenvalue weighted by Gasteiger charge is -2.09. The van der Waals surface area contributed by atoms with Crippen molar-refractivity contribution in [3.05, 3.63) is 36.4 Å². The summed E-state index contributed by atoms with van der Waals surface area (Å²) in [6, 6.07) is 7.92. The SMILES string of the molecule is CC(C)C(N)c1nc(-c2cn(C)c3ccccc23)no1. The molecule has 0 amide bonds. The molecule has 2 N–H and O–H groups in total. The number of para-hydroxylation sites is 1. The molecule has 0 spiro atoms. The van der Waals surface area contributed by atoms with Crippen molar-refractivity contribution >= 4 is 10.9 Å². The second-order valence-corrected chi connectivity index (χ2v) is 5.40. The quantitative estimate of drug-likeness (QED) is 0.794. The number of nitrogens with zero attached hydrogens (tertiary/aromatic N) is 3.